The Balaban J connectivity index is 0.000000136. The highest BCUT2D eigenvalue weighted by Crippen LogP contribution is 2.38. The summed E-state index contributed by atoms with van der Waals surface area (Å²) in [5.74, 6) is 5.91. The molecule has 3 heterocycles. The van der Waals surface area contributed by atoms with Crippen molar-refractivity contribution in [2.75, 3.05) is 41.0 Å². The first-order valence-corrected chi connectivity index (χ1v) is 22.1. The molecule has 3 aliphatic carbocycles. The monoisotopic (exact) mass is 825 g/mol. The summed E-state index contributed by atoms with van der Waals surface area (Å²) in [6.45, 7) is 2.15. The lowest BCUT2D eigenvalue weighted by Crippen LogP contribution is -2.14. The van der Waals surface area contributed by atoms with Gasteiger partial charge in [-0.25, -0.2) is 0 Å². The van der Waals surface area contributed by atoms with Crippen molar-refractivity contribution < 1.29 is 42.8 Å². The topological polar surface area (TPSA) is 143 Å². The van der Waals surface area contributed by atoms with Crippen molar-refractivity contribution in [3.05, 3.63) is 71.3 Å². The average Bonchev–Trinajstić information content (AvgIpc) is 4.13. The standard InChI is InChI=1S/3C16H21NO3/c3*1-19-14-7-6-11(12-9-16(18)17-10-12)8-15(14)20-13-4-2-3-5-13/h3*6-8,12-13H,2-5,9-10H2,1H3,(H,17,18)/t3*12-/m111/s1. The third-order valence-electron chi connectivity index (χ3n) is 12.7. The summed E-state index contributed by atoms with van der Waals surface area (Å²) in [6, 6.07) is 18.1. The fraction of sp³-hybridized carbons (Fsp3) is 0.562. The van der Waals surface area contributed by atoms with E-state index in [1.54, 1.807) is 21.3 Å². The number of methoxy groups -OCH3 is 3. The maximum absolute atomic E-state index is 11.3. The van der Waals surface area contributed by atoms with Crippen LogP contribution in [-0.2, 0) is 14.4 Å². The van der Waals surface area contributed by atoms with Gasteiger partial charge >= 0.3 is 0 Å². The minimum atomic E-state index is 0.129. The second-order valence-corrected chi connectivity index (χ2v) is 16.9. The summed E-state index contributed by atoms with van der Waals surface area (Å²) >= 11 is 0. The van der Waals surface area contributed by atoms with Crippen LogP contribution in [0, 0.1) is 0 Å². The van der Waals surface area contributed by atoms with Gasteiger partial charge in [0.05, 0.1) is 39.6 Å². The number of carbonyl (C=O) groups is 3. The number of ether oxygens (including phenoxy) is 6. The van der Waals surface area contributed by atoms with Crippen molar-refractivity contribution in [1.82, 2.24) is 16.0 Å². The molecule has 324 valence electrons. The van der Waals surface area contributed by atoms with Crippen molar-refractivity contribution in [2.45, 2.75) is 132 Å². The summed E-state index contributed by atoms with van der Waals surface area (Å²) in [7, 11) is 4.99. The van der Waals surface area contributed by atoms with Crippen molar-refractivity contribution in [3.8, 4) is 34.5 Å². The van der Waals surface area contributed by atoms with E-state index in [0.717, 1.165) is 89.7 Å². The average molecular weight is 826 g/mol. The van der Waals surface area contributed by atoms with Gasteiger partial charge in [0.15, 0.2) is 34.5 Å². The molecular formula is C48H63N3O9. The Morgan fingerprint density at radius 3 is 0.883 bits per heavy atom. The van der Waals surface area contributed by atoms with E-state index in [0.29, 0.717) is 57.2 Å². The van der Waals surface area contributed by atoms with Gasteiger partial charge in [0.1, 0.15) is 0 Å². The molecule has 3 saturated carbocycles. The maximum atomic E-state index is 11.3. The van der Waals surface area contributed by atoms with E-state index < -0.39 is 0 Å². The molecular weight excluding hydrogens is 763 g/mol. The first-order chi connectivity index (χ1) is 29.3. The Morgan fingerprint density at radius 1 is 0.400 bits per heavy atom. The van der Waals surface area contributed by atoms with Crippen molar-refractivity contribution in [2.24, 2.45) is 0 Å². The highest BCUT2D eigenvalue weighted by molar-refractivity contribution is 5.80. The smallest absolute Gasteiger partial charge is 0.220 e. The highest BCUT2D eigenvalue weighted by atomic mass is 16.5. The first kappa shape index (κ1) is 43.0. The number of carbonyl (C=O) groups excluding carboxylic acids is 3. The van der Waals surface area contributed by atoms with Gasteiger partial charge in [0.25, 0.3) is 0 Å². The van der Waals surface area contributed by atoms with Crippen LogP contribution in [-0.4, -0.2) is 77.0 Å². The molecule has 0 spiro atoms. The number of nitrogens with one attached hydrogen (secondary N) is 3. The van der Waals surface area contributed by atoms with Crippen molar-refractivity contribution >= 4 is 17.7 Å². The van der Waals surface area contributed by atoms with E-state index in [1.165, 1.54) is 38.5 Å². The SMILES string of the molecule is COc1ccc([C@H]2CNC(=O)C2)cc1OC1CCCC1.COc1ccc([C@H]2CNC(=O)C2)cc1OC1CCCC1.COc1ccc([C@H]2CNC(=O)C2)cc1OC1CCCC1. The third-order valence-corrected chi connectivity index (χ3v) is 12.7. The molecule has 3 aliphatic heterocycles. The third kappa shape index (κ3) is 11.4. The Morgan fingerprint density at radius 2 is 0.667 bits per heavy atom. The Kier molecular flexibility index (Phi) is 15.0. The van der Waals surface area contributed by atoms with Crippen LogP contribution >= 0.6 is 0 Å². The van der Waals surface area contributed by atoms with Gasteiger partial charge in [-0.15, -0.1) is 0 Å². The van der Waals surface area contributed by atoms with Crippen LogP contribution in [0.2, 0.25) is 0 Å². The molecule has 3 saturated heterocycles. The minimum absolute atomic E-state index is 0.129. The van der Waals surface area contributed by atoms with Gasteiger partial charge in [0.2, 0.25) is 17.7 Å². The number of rotatable bonds is 12. The number of hydrogen-bond acceptors (Lipinski definition) is 9. The van der Waals surface area contributed by atoms with E-state index in [1.807, 2.05) is 54.6 Å². The molecule has 0 aromatic heterocycles. The molecule has 60 heavy (non-hydrogen) atoms. The second kappa shape index (κ2) is 20.9. The lowest BCUT2D eigenvalue weighted by molar-refractivity contribution is -0.120. The zero-order valence-electron chi connectivity index (χ0n) is 35.6. The van der Waals surface area contributed by atoms with Crippen LogP contribution in [0.4, 0.5) is 0 Å². The van der Waals surface area contributed by atoms with E-state index in [-0.39, 0.29) is 35.5 Å². The van der Waals surface area contributed by atoms with Crippen LogP contribution in [0.1, 0.15) is 131 Å². The molecule has 3 amide bonds. The van der Waals surface area contributed by atoms with Gasteiger partial charge < -0.3 is 44.4 Å². The summed E-state index contributed by atoms with van der Waals surface area (Å²) in [5, 5.41) is 8.63. The summed E-state index contributed by atoms with van der Waals surface area (Å²) in [5.41, 5.74) is 3.45. The quantitative estimate of drug-likeness (QED) is 0.166. The molecule has 3 N–H and O–H groups in total. The maximum Gasteiger partial charge on any atom is 0.220 e. The molecule has 0 unspecified atom stereocenters. The van der Waals surface area contributed by atoms with Gasteiger partial charge in [-0.3, -0.25) is 14.4 Å². The zero-order chi connectivity index (χ0) is 41.8. The zero-order valence-corrected chi connectivity index (χ0v) is 35.6. The second-order valence-electron chi connectivity index (χ2n) is 16.9. The van der Waals surface area contributed by atoms with Crippen molar-refractivity contribution in [3.63, 3.8) is 0 Å². The molecule has 0 radical (unpaired) electrons. The van der Waals surface area contributed by atoms with Crippen molar-refractivity contribution in [1.29, 1.82) is 0 Å². The molecule has 3 aromatic carbocycles. The predicted octanol–water partition coefficient (Wildman–Crippen LogP) is 7.86. The molecule has 12 heteroatoms. The van der Waals surface area contributed by atoms with E-state index in [2.05, 4.69) is 16.0 Å². The van der Waals surface area contributed by atoms with E-state index >= 15 is 0 Å². The van der Waals surface area contributed by atoms with Gasteiger partial charge in [0, 0.05) is 56.7 Å². The van der Waals surface area contributed by atoms with Crippen LogP contribution < -0.4 is 44.4 Å². The lowest BCUT2D eigenvalue weighted by Gasteiger charge is -2.18. The number of benzene rings is 3. The Bertz CT molecular complexity index is 1700. The first-order valence-electron chi connectivity index (χ1n) is 22.1. The fourth-order valence-electron chi connectivity index (χ4n) is 9.20. The van der Waals surface area contributed by atoms with Crippen LogP contribution in [0.25, 0.3) is 0 Å². The lowest BCUT2D eigenvalue weighted by atomic mass is 9.98. The van der Waals surface area contributed by atoms with E-state index in [9.17, 15) is 14.4 Å². The molecule has 6 fully saturated rings. The largest absolute Gasteiger partial charge is 0.493 e. The van der Waals surface area contributed by atoms with Crippen LogP contribution in [0.15, 0.2) is 54.6 Å². The summed E-state index contributed by atoms with van der Waals surface area (Å²) < 4.78 is 34.4. The Hall–Kier alpha value is -5.13. The molecule has 9 rings (SSSR count). The Labute approximate surface area is 354 Å². The fourth-order valence-corrected chi connectivity index (χ4v) is 9.20. The number of hydrogen-bond donors (Lipinski definition) is 3. The molecule has 3 atom stereocenters. The van der Waals surface area contributed by atoms with Gasteiger partial charge in [-0.2, -0.15) is 0 Å². The summed E-state index contributed by atoms with van der Waals surface area (Å²) in [4.78, 5) is 34.0. The molecule has 0 bridgehead atoms. The minimum Gasteiger partial charge on any atom is -0.493 e. The highest BCUT2D eigenvalue weighted by Gasteiger charge is 2.28. The van der Waals surface area contributed by atoms with Gasteiger partial charge in [-0.1, -0.05) is 18.2 Å². The molecule has 3 aromatic rings. The normalized spacial score (nSPS) is 22.9. The predicted molar refractivity (Wildman–Crippen MR) is 229 cm³/mol. The molecule has 12 nitrogen and oxygen atoms in total. The molecule has 6 aliphatic rings. The van der Waals surface area contributed by atoms with Crippen LogP contribution in [0.3, 0.4) is 0 Å². The number of amides is 3. The van der Waals surface area contributed by atoms with Crippen LogP contribution in [0.5, 0.6) is 34.5 Å². The van der Waals surface area contributed by atoms with E-state index in [4.69, 9.17) is 28.4 Å². The van der Waals surface area contributed by atoms with Gasteiger partial charge in [-0.05, 0) is 130 Å². The summed E-state index contributed by atoms with van der Waals surface area (Å²) in [6.07, 6.45) is 16.8.